The highest BCUT2D eigenvalue weighted by molar-refractivity contribution is 5.15. The Kier molecular flexibility index (Phi) is 4.71. The van der Waals surface area contributed by atoms with E-state index in [1.807, 2.05) is 24.6 Å². The van der Waals surface area contributed by atoms with E-state index < -0.39 is 0 Å². The molecule has 0 aromatic carbocycles. The molecule has 4 nitrogen and oxygen atoms in total. The quantitative estimate of drug-likeness (QED) is 0.710. The molecule has 0 aliphatic heterocycles. The van der Waals surface area contributed by atoms with Gasteiger partial charge in [-0.05, 0) is 13.3 Å². The van der Waals surface area contributed by atoms with Crippen molar-refractivity contribution in [1.29, 1.82) is 0 Å². The first-order valence-electron chi connectivity index (χ1n) is 5.37. The first-order chi connectivity index (χ1) is 7.62. The van der Waals surface area contributed by atoms with Crippen LogP contribution in [-0.4, -0.2) is 25.1 Å². The van der Waals surface area contributed by atoms with Crippen molar-refractivity contribution in [2.75, 3.05) is 14.2 Å². The van der Waals surface area contributed by atoms with Crippen LogP contribution in [0.1, 0.15) is 18.2 Å². The van der Waals surface area contributed by atoms with Gasteiger partial charge >= 0.3 is 0 Å². The first kappa shape index (κ1) is 12.9. The Morgan fingerprint density at radius 3 is 2.50 bits per heavy atom. The number of ether oxygens (including phenoxy) is 2. The van der Waals surface area contributed by atoms with Crippen LogP contribution in [0.5, 0.6) is 0 Å². The maximum Gasteiger partial charge on any atom is 0.184 e. The number of rotatable bonds is 5. The molecule has 1 aromatic rings. The molecule has 0 aliphatic carbocycles. The molecule has 1 heterocycles. The zero-order valence-corrected chi connectivity index (χ0v) is 10.3. The molecule has 0 spiro atoms. The summed E-state index contributed by atoms with van der Waals surface area (Å²) in [6.07, 6.45) is 2.38. The fourth-order valence-electron chi connectivity index (χ4n) is 1.61. The molecule has 0 fully saturated rings. The number of aryl methyl sites for hydroxylation is 2. The van der Waals surface area contributed by atoms with Crippen molar-refractivity contribution in [1.82, 2.24) is 4.57 Å². The van der Waals surface area contributed by atoms with Crippen molar-refractivity contribution in [3.05, 3.63) is 33.7 Å². The van der Waals surface area contributed by atoms with Gasteiger partial charge in [0.2, 0.25) is 0 Å². The standard InChI is InChI=1S/C12H19NO3/c1-5-10-6-11(14)9(2)7-13(10)8-12(15-3)16-4/h6-7,12H,5,8H2,1-4H3. The van der Waals surface area contributed by atoms with Gasteiger partial charge in [-0.25, -0.2) is 0 Å². The van der Waals surface area contributed by atoms with Crippen LogP contribution in [0.3, 0.4) is 0 Å². The summed E-state index contributed by atoms with van der Waals surface area (Å²) >= 11 is 0. The van der Waals surface area contributed by atoms with Gasteiger partial charge in [-0.2, -0.15) is 0 Å². The van der Waals surface area contributed by atoms with Gasteiger partial charge in [-0.3, -0.25) is 4.79 Å². The summed E-state index contributed by atoms with van der Waals surface area (Å²) in [6, 6.07) is 1.68. The lowest BCUT2D eigenvalue weighted by Gasteiger charge is -2.18. The van der Waals surface area contributed by atoms with Crippen molar-refractivity contribution in [2.24, 2.45) is 0 Å². The van der Waals surface area contributed by atoms with Crippen LogP contribution >= 0.6 is 0 Å². The monoisotopic (exact) mass is 225 g/mol. The van der Waals surface area contributed by atoms with E-state index in [9.17, 15) is 4.79 Å². The second-order valence-electron chi connectivity index (χ2n) is 3.72. The smallest absolute Gasteiger partial charge is 0.184 e. The van der Waals surface area contributed by atoms with Gasteiger partial charge < -0.3 is 14.0 Å². The van der Waals surface area contributed by atoms with E-state index in [-0.39, 0.29) is 11.7 Å². The Morgan fingerprint density at radius 2 is 2.00 bits per heavy atom. The summed E-state index contributed by atoms with van der Waals surface area (Å²) in [7, 11) is 3.21. The van der Waals surface area contributed by atoms with Crippen molar-refractivity contribution in [3.8, 4) is 0 Å². The second kappa shape index (κ2) is 5.82. The summed E-state index contributed by atoms with van der Waals surface area (Å²) in [5, 5.41) is 0. The average Bonchev–Trinajstić information content (AvgIpc) is 2.29. The molecule has 0 bridgehead atoms. The number of nitrogens with zero attached hydrogens (tertiary/aromatic N) is 1. The normalized spacial score (nSPS) is 11.1. The molecule has 0 N–H and O–H groups in total. The minimum atomic E-state index is -0.285. The second-order valence-corrected chi connectivity index (χ2v) is 3.72. The average molecular weight is 225 g/mol. The van der Waals surface area contributed by atoms with E-state index in [0.717, 1.165) is 17.7 Å². The lowest BCUT2D eigenvalue weighted by atomic mass is 10.2. The van der Waals surface area contributed by atoms with E-state index in [0.29, 0.717) is 6.54 Å². The molecular formula is C12H19NO3. The van der Waals surface area contributed by atoms with Crippen molar-refractivity contribution < 1.29 is 9.47 Å². The Bertz CT molecular complexity index is 394. The minimum Gasteiger partial charge on any atom is -0.354 e. The third kappa shape index (κ3) is 2.93. The van der Waals surface area contributed by atoms with E-state index in [1.165, 1.54) is 0 Å². The molecule has 0 saturated heterocycles. The molecule has 1 rings (SSSR count). The molecule has 4 heteroatoms. The van der Waals surface area contributed by atoms with Crippen LogP contribution < -0.4 is 5.43 Å². The molecule has 90 valence electrons. The highest BCUT2D eigenvalue weighted by Gasteiger charge is 2.09. The first-order valence-corrected chi connectivity index (χ1v) is 5.37. The van der Waals surface area contributed by atoms with Crippen molar-refractivity contribution in [2.45, 2.75) is 33.1 Å². The van der Waals surface area contributed by atoms with Gasteiger partial charge in [0.1, 0.15) is 0 Å². The fraction of sp³-hybridized carbons (Fsp3) is 0.583. The molecule has 0 saturated carbocycles. The molecule has 0 aliphatic rings. The number of pyridine rings is 1. The maximum atomic E-state index is 11.5. The Balaban J connectivity index is 3.02. The van der Waals surface area contributed by atoms with Crippen molar-refractivity contribution >= 4 is 0 Å². The van der Waals surface area contributed by atoms with Crippen LogP contribution in [0.2, 0.25) is 0 Å². The number of aromatic nitrogens is 1. The van der Waals surface area contributed by atoms with E-state index in [2.05, 4.69) is 0 Å². The lowest BCUT2D eigenvalue weighted by Crippen LogP contribution is -2.24. The Hall–Kier alpha value is -1.13. The number of methoxy groups -OCH3 is 2. The number of hydrogen-bond acceptors (Lipinski definition) is 3. The van der Waals surface area contributed by atoms with Gasteiger partial charge in [-0.15, -0.1) is 0 Å². The van der Waals surface area contributed by atoms with Gasteiger partial charge in [-0.1, -0.05) is 6.92 Å². The molecule has 0 amide bonds. The summed E-state index contributed by atoms with van der Waals surface area (Å²) in [6.45, 7) is 4.43. The van der Waals surface area contributed by atoms with Crippen LogP contribution in [0.25, 0.3) is 0 Å². The van der Waals surface area contributed by atoms with Gasteiger partial charge in [0.15, 0.2) is 11.7 Å². The van der Waals surface area contributed by atoms with Crippen LogP contribution in [0, 0.1) is 6.92 Å². The SMILES string of the molecule is CCc1cc(=O)c(C)cn1CC(OC)OC. The fourth-order valence-corrected chi connectivity index (χ4v) is 1.61. The minimum absolute atomic E-state index is 0.0829. The molecular weight excluding hydrogens is 206 g/mol. The molecule has 1 aromatic heterocycles. The van der Waals surface area contributed by atoms with Gasteiger partial charge in [0.25, 0.3) is 0 Å². The zero-order valence-electron chi connectivity index (χ0n) is 10.3. The predicted molar refractivity (Wildman–Crippen MR) is 62.6 cm³/mol. The Labute approximate surface area is 95.8 Å². The zero-order chi connectivity index (χ0) is 12.1. The van der Waals surface area contributed by atoms with Gasteiger partial charge in [0.05, 0.1) is 6.54 Å². The summed E-state index contributed by atoms with van der Waals surface area (Å²) in [5.41, 5.74) is 1.82. The molecule has 0 atom stereocenters. The van der Waals surface area contributed by atoms with Crippen LogP contribution in [-0.2, 0) is 22.4 Å². The molecule has 0 unspecified atom stereocenters. The predicted octanol–water partition coefficient (Wildman–Crippen LogP) is 1.34. The topological polar surface area (TPSA) is 40.5 Å². The van der Waals surface area contributed by atoms with Crippen LogP contribution in [0.4, 0.5) is 0 Å². The molecule has 0 radical (unpaired) electrons. The summed E-state index contributed by atoms with van der Waals surface area (Å²) in [4.78, 5) is 11.5. The van der Waals surface area contributed by atoms with E-state index in [4.69, 9.17) is 9.47 Å². The lowest BCUT2D eigenvalue weighted by molar-refractivity contribution is -0.111. The highest BCUT2D eigenvalue weighted by atomic mass is 16.7. The van der Waals surface area contributed by atoms with Gasteiger partial charge in [0, 0.05) is 37.7 Å². The maximum absolute atomic E-state index is 11.5. The third-order valence-electron chi connectivity index (χ3n) is 2.64. The third-order valence-corrected chi connectivity index (χ3v) is 2.64. The van der Waals surface area contributed by atoms with E-state index >= 15 is 0 Å². The summed E-state index contributed by atoms with van der Waals surface area (Å²) < 4.78 is 12.3. The largest absolute Gasteiger partial charge is 0.354 e. The Morgan fingerprint density at radius 1 is 1.38 bits per heavy atom. The van der Waals surface area contributed by atoms with Crippen molar-refractivity contribution in [3.63, 3.8) is 0 Å². The molecule has 16 heavy (non-hydrogen) atoms. The summed E-state index contributed by atoms with van der Waals surface area (Å²) in [5.74, 6) is 0. The van der Waals surface area contributed by atoms with E-state index in [1.54, 1.807) is 20.3 Å². The highest BCUT2D eigenvalue weighted by Crippen LogP contribution is 2.05. The van der Waals surface area contributed by atoms with Crippen LogP contribution in [0.15, 0.2) is 17.1 Å². The number of hydrogen-bond donors (Lipinski definition) is 0.